The van der Waals surface area contributed by atoms with Gasteiger partial charge < -0.3 is 5.73 Å². The summed E-state index contributed by atoms with van der Waals surface area (Å²) >= 11 is 0. The highest BCUT2D eigenvalue weighted by molar-refractivity contribution is 5.44. The summed E-state index contributed by atoms with van der Waals surface area (Å²) in [6, 6.07) is 6.36. The summed E-state index contributed by atoms with van der Waals surface area (Å²) in [5, 5.41) is 8.55. The van der Waals surface area contributed by atoms with E-state index in [2.05, 4.69) is 63.1 Å². The Labute approximate surface area is 114 Å². The molecule has 2 aromatic rings. The lowest BCUT2D eigenvalue weighted by Gasteiger charge is -2.22. The summed E-state index contributed by atoms with van der Waals surface area (Å²) in [4.78, 5) is 0. The second-order valence-electron chi connectivity index (χ2n) is 6.04. The molecule has 4 heteroatoms. The Hall–Kier alpha value is -1.68. The first-order valence-electron chi connectivity index (χ1n) is 6.57. The van der Waals surface area contributed by atoms with Gasteiger partial charge >= 0.3 is 0 Å². The third kappa shape index (κ3) is 2.54. The minimum atomic E-state index is -0.0472. The first-order chi connectivity index (χ1) is 8.84. The van der Waals surface area contributed by atoms with Gasteiger partial charge in [0.15, 0.2) is 0 Å². The van der Waals surface area contributed by atoms with Crippen LogP contribution in [0.4, 0.5) is 0 Å². The van der Waals surface area contributed by atoms with E-state index in [9.17, 15) is 0 Å². The molecule has 0 aliphatic rings. The fourth-order valence-electron chi connectivity index (χ4n) is 2.32. The summed E-state index contributed by atoms with van der Waals surface area (Å²) in [5.74, 6) is 0. The number of nitrogens with two attached hydrogens (primary N) is 1. The number of nitrogens with zero attached hydrogens (tertiary/aromatic N) is 3. The van der Waals surface area contributed by atoms with Crippen LogP contribution in [0.25, 0.3) is 5.69 Å². The number of aromatic nitrogens is 3. The van der Waals surface area contributed by atoms with Gasteiger partial charge in [-0.15, -0.1) is 5.10 Å². The molecule has 0 fully saturated rings. The molecule has 2 rings (SSSR count). The molecule has 0 unspecified atom stereocenters. The molecule has 19 heavy (non-hydrogen) atoms. The molecule has 0 spiro atoms. The van der Waals surface area contributed by atoms with Crippen molar-refractivity contribution in [3.8, 4) is 5.69 Å². The monoisotopic (exact) mass is 258 g/mol. The molecule has 0 amide bonds. The average Bonchev–Trinajstić information content (AvgIpc) is 2.75. The molecule has 1 aromatic heterocycles. The van der Waals surface area contributed by atoms with E-state index in [1.54, 1.807) is 0 Å². The molecule has 2 N–H and O–H groups in total. The zero-order chi connectivity index (χ0) is 14.2. The lowest BCUT2D eigenvalue weighted by molar-refractivity contribution is 0.537. The van der Waals surface area contributed by atoms with Gasteiger partial charge in [-0.1, -0.05) is 38.1 Å². The van der Waals surface area contributed by atoms with E-state index >= 15 is 0 Å². The number of rotatable bonds is 2. The van der Waals surface area contributed by atoms with Crippen LogP contribution in [0.1, 0.15) is 43.3 Å². The van der Waals surface area contributed by atoms with Crippen molar-refractivity contribution in [2.24, 2.45) is 5.73 Å². The fourth-order valence-corrected chi connectivity index (χ4v) is 2.32. The van der Waals surface area contributed by atoms with Crippen molar-refractivity contribution in [2.75, 3.05) is 0 Å². The van der Waals surface area contributed by atoms with E-state index in [0.29, 0.717) is 6.54 Å². The van der Waals surface area contributed by atoms with Gasteiger partial charge in [-0.3, -0.25) is 0 Å². The Morgan fingerprint density at radius 3 is 2.47 bits per heavy atom. The minimum absolute atomic E-state index is 0.0472. The maximum Gasteiger partial charge on any atom is 0.100 e. The van der Waals surface area contributed by atoms with Crippen LogP contribution in [-0.2, 0) is 12.0 Å². The molecule has 0 atom stereocenters. The third-order valence-electron chi connectivity index (χ3n) is 3.24. The zero-order valence-corrected chi connectivity index (χ0v) is 12.4. The molecule has 0 radical (unpaired) electrons. The molecule has 0 aliphatic carbocycles. The third-order valence-corrected chi connectivity index (χ3v) is 3.24. The molecular formula is C15H22N4. The van der Waals surface area contributed by atoms with Gasteiger partial charge in [0.25, 0.3) is 0 Å². The second-order valence-corrected chi connectivity index (χ2v) is 6.04. The molecule has 1 heterocycles. The zero-order valence-electron chi connectivity index (χ0n) is 12.4. The van der Waals surface area contributed by atoms with Crippen LogP contribution in [0, 0.1) is 13.8 Å². The van der Waals surface area contributed by atoms with Gasteiger partial charge in [-0.05, 0) is 31.0 Å². The van der Waals surface area contributed by atoms with Crippen LogP contribution in [-0.4, -0.2) is 15.0 Å². The smallest absolute Gasteiger partial charge is 0.100 e. The largest absolute Gasteiger partial charge is 0.325 e. The molecule has 1 aromatic carbocycles. The summed E-state index contributed by atoms with van der Waals surface area (Å²) in [6.07, 6.45) is 0. The standard InChI is InChI=1S/C15H22N4/c1-10-6-7-11(2)13(8-10)19-14(15(3,4)5)12(9-16)17-18-19/h6-8H,9,16H2,1-5H3. The predicted octanol–water partition coefficient (Wildman–Crippen LogP) is 2.64. The molecular weight excluding hydrogens is 236 g/mol. The fraction of sp³-hybridized carbons (Fsp3) is 0.467. The molecule has 4 nitrogen and oxygen atoms in total. The average molecular weight is 258 g/mol. The van der Waals surface area contributed by atoms with Gasteiger partial charge in [0.2, 0.25) is 0 Å². The molecule has 0 aliphatic heterocycles. The lowest BCUT2D eigenvalue weighted by Crippen LogP contribution is -2.21. The van der Waals surface area contributed by atoms with Crippen molar-refractivity contribution < 1.29 is 0 Å². The highest BCUT2D eigenvalue weighted by atomic mass is 15.4. The van der Waals surface area contributed by atoms with Crippen molar-refractivity contribution in [2.45, 2.75) is 46.6 Å². The Balaban J connectivity index is 2.69. The van der Waals surface area contributed by atoms with Crippen molar-refractivity contribution in [1.82, 2.24) is 15.0 Å². The Morgan fingerprint density at radius 1 is 1.21 bits per heavy atom. The first-order valence-corrected chi connectivity index (χ1v) is 6.57. The number of hydrogen-bond donors (Lipinski definition) is 1. The van der Waals surface area contributed by atoms with Gasteiger partial charge in [0.1, 0.15) is 5.69 Å². The second kappa shape index (κ2) is 4.78. The SMILES string of the molecule is Cc1ccc(C)c(-n2nnc(CN)c2C(C)(C)C)c1. The van der Waals surface area contributed by atoms with E-state index in [-0.39, 0.29) is 5.41 Å². The van der Waals surface area contributed by atoms with Crippen molar-refractivity contribution in [3.05, 3.63) is 40.7 Å². The van der Waals surface area contributed by atoms with Crippen molar-refractivity contribution in [1.29, 1.82) is 0 Å². The van der Waals surface area contributed by atoms with Crippen molar-refractivity contribution >= 4 is 0 Å². The van der Waals surface area contributed by atoms with E-state index in [0.717, 1.165) is 17.1 Å². The van der Waals surface area contributed by atoms with E-state index in [1.807, 2.05) is 4.68 Å². The van der Waals surface area contributed by atoms with Crippen LogP contribution in [0.15, 0.2) is 18.2 Å². The highest BCUT2D eigenvalue weighted by Gasteiger charge is 2.25. The van der Waals surface area contributed by atoms with Gasteiger partial charge in [-0.2, -0.15) is 0 Å². The maximum absolute atomic E-state index is 5.79. The van der Waals surface area contributed by atoms with Crippen molar-refractivity contribution in [3.63, 3.8) is 0 Å². The van der Waals surface area contributed by atoms with E-state index < -0.39 is 0 Å². The Bertz CT molecular complexity index is 591. The van der Waals surface area contributed by atoms with Crippen LogP contribution >= 0.6 is 0 Å². The summed E-state index contributed by atoms with van der Waals surface area (Å²) in [7, 11) is 0. The lowest BCUT2D eigenvalue weighted by atomic mass is 9.90. The Morgan fingerprint density at radius 2 is 1.89 bits per heavy atom. The van der Waals surface area contributed by atoms with E-state index in [4.69, 9.17) is 5.73 Å². The maximum atomic E-state index is 5.79. The van der Waals surface area contributed by atoms with Crippen LogP contribution < -0.4 is 5.73 Å². The predicted molar refractivity (Wildman–Crippen MR) is 77.4 cm³/mol. The molecule has 102 valence electrons. The minimum Gasteiger partial charge on any atom is -0.325 e. The number of benzene rings is 1. The van der Waals surface area contributed by atoms with Crippen LogP contribution in [0.3, 0.4) is 0 Å². The topological polar surface area (TPSA) is 56.7 Å². The molecule has 0 bridgehead atoms. The molecule has 0 saturated heterocycles. The first kappa shape index (κ1) is 13.7. The van der Waals surface area contributed by atoms with Gasteiger partial charge in [0.05, 0.1) is 11.4 Å². The van der Waals surface area contributed by atoms with Gasteiger partial charge in [0, 0.05) is 12.0 Å². The number of hydrogen-bond acceptors (Lipinski definition) is 3. The van der Waals surface area contributed by atoms with Crippen LogP contribution in [0.2, 0.25) is 0 Å². The summed E-state index contributed by atoms with van der Waals surface area (Å²) in [6.45, 7) is 11.1. The quantitative estimate of drug-likeness (QED) is 0.901. The highest BCUT2D eigenvalue weighted by Crippen LogP contribution is 2.28. The number of aryl methyl sites for hydroxylation is 2. The molecule has 0 saturated carbocycles. The van der Waals surface area contributed by atoms with Gasteiger partial charge in [-0.25, -0.2) is 4.68 Å². The summed E-state index contributed by atoms with van der Waals surface area (Å²) in [5.41, 5.74) is 11.2. The Kier molecular flexibility index (Phi) is 3.45. The van der Waals surface area contributed by atoms with E-state index in [1.165, 1.54) is 11.1 Å². The normalized spacial score (nSPS) is 11.9. The van der Waals surface area contributed by atoms with Crippen LogP contribution in [0.5, 0.6) is 0 Å². The summed E-state index contributed by atoms with van der Waals surface area (Å²) < 4.78 is 1.94.